The molecule has 94 valence electrons. The maximum absolute atomic E-state index is 6.62. The fourth-order valence-corrected chi connectivity index (χ4v) is 3.34. The fourth-order valence-electron chi connectivity index (χ4n) is 3.34. The molecule has 2 N–H and O–H groups in total. The molecule has 2 aliphatic rings. The van der Waals surface area contributed by atoms with Crippen molar-refractivity contribution >= 4 is 0 Å². The van der Waals surface area contributed by atoms with E-state index in [-0.39, 0.29) is 5.54 Å². The van der Waals surface area contributed by atoms with Gasteiger partial charge in [0.25, 0.3) is 0 Å². The van der Waals surface area contributed by atoms with E-state index in [1.807, 2.05) is 0 Å². The minimum Gasteiger partial charge on any atom is -0.381 e. The van der Waals surface area contributed by atoms with E-state index >= 15 is 0 Å². The van der Waals surface area contributed by atoms with Crippen LogP contribution < -0.4 is 5.73 Å². The van der Waals surface area contributed by atoms with Gasteiger partial charge in [0, 0.05) is 18.8 Å². The molecule has 2 heteroatoms. The molecule has 0 bridgehead atoms. The molecule has 0 aromatic rings. The summed E-state index contributed by atoms with van der Waals surface area (Å²) in [7, 11) is 0. The lowest BCUT2D eigenvalue weighted by molar-refractivity contribution is 0.0538. The summed E-state index contributed by atoms with van der Waals surface area (Å²) in [6, 6.07) is 0. The summed E-state index contributed by atoms with van der Waals surface area (Å²) in [6.07, 6.45) is 13.1. The quantitative estimate of drug-likeness (QED) is 0.783. The molecular weight excluding hydrogens is 198 g/mol. The molecule has 1 saturated carbocycles. The Balaban J connectivity index is 1.83. The van der Waals surface area contributed by atoms with Crippen LogP contribution in [0.15, 0.2) is 0 Å². The molecule has 0 amide bonds. The normalized spacial score (nSPS) is 28.3. The van der Waals surface area contributed by atoms with Crippen molar-refractivity contribution in [2.75, 3.05) is 13.2 Å². The van der Waals surface area contributed by atoms with E-state index in [0.717, 1.165) is 19.1 Å². The zero-order valence-electron chi connectivity index (χ0n) is 10.5. The molecule has 0 unspecified atom stereocenters. The molecule has 2 nitrogen and oxygen atoms in total. The minimum atomic E-state index is 0.155. The monoisotopic (exact) mass is 225 g/mol. The van der Waals surface area contributed by atoms with Gasteiger partial charge in [-0.25, -0.2) is 0 Å². The topological polar surface area (TPSA) is 35.2 Å². The Morgan fingerprint density at radius 3 is 2.12 bits per heavy atom. The molecule has 2 fully saturated rings. The first-order valence-electron chi connectivity index (χ1n) is 7.15. The van der Waals surface area contributed by atoms with Crippen LogP contribution in [0.1, 0.15) is 64.2 Å². The standard InChI is InChI=1S/C14H27NO/c15-14(8-4-2-1-3-5-9-14)12-13-6-10-16-11-7-13/h13H,1-12,15H2. The average molecular weight is 225 g/mol. The maximum Gasteiger partial charge on any atom is 0.0468 e. The second kappa shape index (κ2) is 6.02. The van der Waals surface area contributed by atoms with Crippen molar-refractivity contribution in [1.82, 2.24) is 0 Å². The van der Waals surface area contributed by atoms with Crippen LogP contribution in [-0.4, -0.2) is 18.8 Å². The molecule has 1 heterocycles. The third-order valence-corrected chi connectivity index (χ3v) is 4.39. The lowest BCUT2D eigenvalue weighted by Gasteiger charge is -2.36. The van der Waals surface area contributed by atoms with Crippen LogP contribution in [0.25, 0.3) is 0 Å². The predicted molar refractivity (Wildman–Crippen MR) is 67.4 cm³/mol. The van der Waals surface area contributed by atoms with E-state index < -0.39 is 0 Å². The third-order valence-electron chi connectivity index (χ3n) is 4.39. The van der Waals surface area contributed by atoms with Gasteiger partial charge in [0.05, 0.1) is 0 Å². The summed E-state index contributed by atoms with van der Waals surface area (Å²) in [5.74, 6) is 0.832. The maximum atomic E-state index is 6.62. The Morgan fingerprint density at radius 2 is 1.50 bits per heavy atom. The summed E-state index contributed by atoms with van der Waals surface area (Å²) in [4.78, 5) is 0. The van der Waals surface area contributed by atoms with Gasteiger partial charge in [-0.15, -0.1) is 0 Å². The van der Waals surface area contributed by atoms with Gasteiger partial charge in [0.2, 0.25) is 0 Å². The average Bonchev–Trinajstić information content (AvgIpc) is 2.26. The van der Waals surface area contributed by atoms with E-state index in [1.54, 1.807) is 0 Å². The first-order valence-corrected chi connectivity index (χ1v) is 7.15. The molecular formula is C14H27NO. The summed E-state index contributed by atoms with van der Waals surface area (Å²) in [5, 5.41) is 0. The molecule has 0 aromatic heterocycles. The lowest BCUT2D eigenvalue weighted by atomic mass is 9.76. The van der Waals surface area contributed by atoms with Crippen LogP contribution in [0.2, 0.25) is 0 Å². The fraction of sp³-hybridized carbons (Fsp3) is 1.00. The van der Waals surface area contributed by atoms with Crippen molar-refractivity contribution in [3.8, 4) is 0 Å². The highest BCUT2D eigenvalue weighted by Crippen LogP contribution is 2.32. The van der Waals surface area contributed by atoms with Gasteiger partial charge in [0.1, 0.15) is 0 Å². The van der Waals surface area contributed by atoms with Crippen molar-refractivity contribution in [1.29, 1.82) is 0 Å². The van der Waals surface area contributed by atoms with Gasteiger partial charge in [-0.2, -0.15) is 0 Å². The molecule has 1 aliphatic carbocycles. The van der Waals surface area contributed by atoms with E-state index in [1.165, 1.54) is 64.2 Å². The predicted octanol–water partition coefficient (Wildman–Crippen LogP) is 3.24. The molecule has 2 rings (SSSR count). The summed E-state index contributed by atoms with van der Waals surface area (Å²) < 4.78 is 5.43. The van der Waals surface area contributed by atoms with E-state index in [2.05, 4.69) is 0 Å². The van der Waals surface area contributed by atoms with Crippen LogP contribution in [0, 0.1) is 5.92 Å². The van der Waals surface area contributed by atoms with Gasteiger partial charge >= 0.3 is 0 Å². The smallest absolute Gasteiger partial charge is 0.0468 e. The Bertz CT molecular complexity index is 191. The van der Waals surface area contributed by atoms with Crippen LogP contribution in [0.5, 0.6) is 0 Å². The van der Waals surface area contributed by atoms with Crippen molar-refractivity contribution in [2.45, 2.75) is 69.7 Å². The molecule has 0 spiro atoms. The lowest BCUT2D eigenvalue weighted by Crippen LogP contribution is -2.43. The van der Waals surface area contributed by atoms with Crippen molar-refractivity contribution in [2.24, 2.45) is 11.7 Å². The van der Waals surface area contributed by atoms with Crippen molar-refractivity contribution in [3.63, 3.8) is 0 Å². The Labute approximate surface area is 99.9 Å². The number of hydrogen-bond donors (Lipinski definition) is 1. The Kier molecular flexibility index (Phi) is 4.66. The highest BCUT2D eigenvalue weighted by Gasteiger charge is 2.29. The van der Waals surface area contributed by atoms with Gasteiger partial charge in [-0.05, 0) is 38.0 Å². The first-order chi connectivity index (χ1) is 7.79. The SMILES string of the molecule is NC1(CC2CCOCC2)CCCCCCC1. The summed E-state index contributed by atoms with van der Waals surface area (Å²) in [5.41, 5.74) is 6.77. The molecule has 1 aliphatic heterocycles. The van der Waals surface area contributed by atoms with Crippen LogP contribution in [-0.2, 0) is 4.74 Å². The van der Waals surface area contributed by atoms with Gasteiger partial charge < -0.3 is 10.5 Å². The van der Waals surface area contributed by atoms with Crippen LogP contribution in [0.4, 0.5) is 0 Å². The van der Waals surface area contributed by atoms with Crippen LogP contribution in [0.3, 0.4) is 0 Å². The molecule has 0 atom stereocenters. The van der Waals surface area contributed by atoms with E-state index in [9.17, 15) is 0 Å². The van der Waals surface area contributed by atoms with Crippen molar-refractivity contribution < 1.29 is 4.74 Å². The zero-order valence-corrected chi connectivity index (χ0v) is 10.5. The second-order valence-electron chi connectivity index (χ2n) is 5.89. The minimum absolute atomic E-state index is 0.155. The number of rotatable bonds is 2. The Hall–Kier alpha value is -0.0800. The van der Waals surface area contributed by atoms with Gasteiger partial charge in [0.15, 0.2) is 0 Å². The largest absolute Gasteiger partial charge is 0.381 e. The summed E-state index contributed by atoms with van der Waals surface area (Å²) in [6.45, 7) is 1.92. The van der Waals surface area contributed by atoms with E-state index in [4.69, 9.17) is 10.5 Å². The van der Waals surface area contributed by atoms with Gasteiger partial charge in [-0.3, -0.25) is 0 Å². The van der Waals surface area contributed by atoms with E-state index in [0.29, 0.717) is 0 Å². The summed E-state index contributed by atoms with van der Waals surface area (Å²) >= 11 is 0. The number of ether oxygens (including phenoxy) is 1. The Morgan fingerprint density at radius 1 is 0.938 bits per heavy atom. The molecule has 0 aromatic carbocycles. The molecule has 16 heavy (non-hydrogen) atoms. The highest BCUT2D eigenvalue weighted by atomic mass is 16.5. The number of nitrogens with two attached hydrogens (primary N) is 1. The molecule has 1 saturated heterocycles. The van der Waals surface area contributed by atoms with Crippen molar-refractivity contribution in [3.05, 3.63) is 0 Å². The zero-order chi connectivity index (χ0) is 11.3. The highest BCUT2D eigenvalue weighted by molar-refractivity contribution is 4.88. The second-order valence-corrected chi connectivity index (χ2v) is 5.89. The molecule has 0 radical (unpaired) electrons. The first kappa shape index (κ1) is 12.4. The van der Waals surface area contributed by atoms with Crippen LogP contribution >= 0.6 is 0 Å². The van der Waals surface area contributed by atoms with Gasteiger partial charge in [-0.1, -0.05) is 32.1 Å². The number of hydrogen-bond acceptors (Lipinski definition) is 2. The third kappa shape index (κ3) is 3.74.